The molecule has 1 N–H and O–H groups in total. The highest BCUT2D eigenvalue weighted by atomic mass is 32.1. The molecule has 1 aromatic heterocycles. The van der Waals surface area contributed by atoms with Crippen LogP contribution in [-0.4, -0.2) is 0 Å². The first kappa shape index (κ1) is 13.4. The van der Waals surface area contributed by atoms with Crippen LogP contribution in [0.15, 0.2) is 54.6 Å². The van der Waals surface area contributed by atoms with Crippen molar-refractivity contribution >= 4 is 28.8 Å². The molecule has 2 heteroatoms. The molecule has 0 saturated carbocycles. The quantitative estimate of drug-likeness (QED) is 0.424. The molecule has 0 bridgehead atoms. The van der Waals surface area contributed by atoms with Crippen LogP contribution in [0.1, 0.15) is 17.4 Å². The second-order valence-electron chi connectivity index (χ2n) is 5.49. The summed E-state index contributed by atoms with van der Waals surface area (Å²) in [7, 11) is 0. The maximum atomic E-state index is 3.61. The third kappa shape index (κ3) is 1.92. The molecule has 3 aromatic rings. The lowest BCUT2D eigenvalue weighted by Crippen LogP contribution is -1.91. The molecule has 0 radical (unpaired) electrons. The van der Waals surface area contributed by atoms with Crippen molar-refractivity contribution in [3.8, 4) is 21.6 Å². The summed E-state index contributed by atoms with van der Waals surface area (Å²) in [6.07, 6.45) is 4.36. The zero-order valence-electron chi connectivity index (χ0n) is 12.7. The zero-order valence-corrected chi connectivity index (χ0v) is 13.5. The Labute approximate surface area is 135 Å². The molecule has 2 heterocycles. The SMILES string of the molecule is C/C=C\c1c(C)sc2c1-c1ccccc1Nc1ccccc1-2. The van der Waals surface area contributed by atoms with Crippen molar-refractivity contribution in [3.05, 3.63) is 65.0 Å². The van der Waals surface area contributed by atoms with E-state index in [0.29, 0.717) is 0 Å². The van der Waals surface area contributed by atoms with Gasteiger partial charge in [0.2, 0.25) is 0 Å². The maximum absolute atomic E-state index is 3.61. The Balaban J connectivity index is 2.15. The van der Waals surface area contributed by atoms with Crippen LogP contribution in [0.25, 0.3) is 27.6 Å². The summed E-state index contributed by atoms with van der Waals surface area (Å²) >= 11 is 1.89. The molecule has 0 spiro atoms. The fourth-order valence-electron chi connectivity index (χ4n) is 3.13. The van der Waals surface area contributed by atoms with Crippen LogP contribution in [0, 0.1) is 6.92 Å². The highest BCUT2D eigenvalue weighted by molar-refractivity contribution is 7.16. The van der Waals surface area contributed by atoms with E-state index in [9.17, 15) is 0 Å². The van der Waals surface area contributed by atoms with Gasteiger partial charge in [-0.3, -0.25) is 0 Å². The van der Waals surface area contributed by atoms with Crippen LogP contribution in [0.5, 0.6) is 0 Å². The number of anilines is 2. The number of nitrogens with one attached hydrogen (secondary N) is 1. The summed E-state index contributed by atoms with van der Waals surface area (Å²) in [6, 6.07) is 17.2. The Morgan fingerprint density at radius 3 is 2.27 bits per heavy atom. The van der Waals surface area contributed by atoms with Gasteiger partial charge in [-0.15, -0.1) is 11.3 Å². The number of allylic oxidation sites excluding steroid dienone is 1. The van der Waals surface area contributed by atoms with Crippen LogP contribution in [-0.2, 0) is 0 Å². The van der Waals surface area contributed by atoms with Gasteiger partial charge in [-0.25, -0.2) is 0 Å². The Bertz CT molecular complexity index is 886. The molecule has 0 unspecified atom stereocenters. The topological polar surface area (TPSA) is 12.0 Å². The Morgan fingerprint density at radius 1 is 0.909 bits per heavy atom. The smallest absolute Gasteiger partial charge is 0.0472 e. The summed E-state index contributed by atoms with van der Waals surface area (Å²) in [6.45, 7) is 4.30. The second kappa shape index (κ2) is 5.15. The third-order valence-corrected chi connectivity index (χ3v) is 5.26. The van der Waals surface area contributed by atoms with Crippen LogP contribution < -0.4 is 5.32 Å². The molecule has 0 atom stereocenters. The van der Waals surface area contributed by atoms with Crippen molar-refractivity contribution in [1.29, 1.82) is 0 Å². The number of aryl methyl sites for hydroxylation is 1. The van der Waals surface area contributed by atoms with Gasteiger partial charge in [0.05, 0.1) is 0 Å². The minimum absolute atomic E-state index is 1.18. The van der Waals surface area contributed by atoms with Gasteiger partial charge in [0.1, 0.15) is 0 Å². The summed E-state index contributed by atoms with van der Waals surface area (Å²) in [5.41, 5.74) is 7.63. The van der Waals surface area contributed by atoms with Gasteiger partial charge >= 0.3 is 0 Å². The lowest BCUT2D eigenvalue weighted by atomic mass is 9.97. The highest BCUT2D eigenvalue weighted by Crippen LogP contribution is 2.50. The number of hydrogen-bond acceptors (Lipinski definition) is 2. The predicted octanol–water partition coefficient (Wildman–Crippen LogP) is 6.48. The van der Waals surface area contributed by atoms with Crippen molar-refractivity contribution in [2.45, 2.75) is 13.8 Å². The summed E-state index contributed by atoms with van der Waals surface area (Å²) in [4.78, 5) is 2.73. The van der Waals surface area contributed by atoms with Gasteiger partial charge in [0, 0.05) is 37.8 Å². The van der Waals surface area contributed by atoms with Gasteiger partial charge in [-0.05, 0) is 31.5 Å². The number of benzene rings is 2. The first-order chi connectivity index (χ1) is 10.8. The van der Waals surface area contributed by atoms with Crippen LogP contribution in [0.3, 0.4) is 0 Å². The summed E-state index contributed by atoms with van der Waals surface area (Å²) in [5, 5.41) is 3.61. The molecular weight excluding hydrogens is 286 g/mol. The molecule has 0 amide bonds. The fourth-order valence-corrected chi connectivity index (χ4v) is 4.32. The molecule has 4 rings (SSSR count). The van der Waals surface area contributed by atoms with Gasteiger partial charge in [-0.1, -0.05) is 48.6 Å². The van der Waals surface area contributed by atoms with E-state index in [1.807, 2.05) is 11.3 Å². The molecule has 1 aliphatic heterocycles. The lowest BCUT2D eigenvalue weighted by molar-refractivity contribution is 1.55. The van der Waals surface area contributed by atoms with Crippen molar-refractivity contribution in [2.75, 3.05) is 5.32 Å². The zero-order chi connectivity index (χ0) is 15.1. The van der Waals surface area contributed by atoms with Gasteiger partial charge in [-0.2, -0.15) is 0 Å². The van der Waals surface area contributed by atoms with E-state index in [2.05, 4.69) is 79.8 Å². The van der Waals surface area contributed by atoms with Gasteiger partial charge < -0.3 is 5.32 Å². The van der Waals surface area contributed by atoms with E-state index in [0.717, 1.165) is 0 Å². The van der Waals surface area contributed by atoms with Gasteiger partial charge in [0.25, 0.3) is 0 Å². The van der Waals surface area contributed by atoms with E-state index in [1.54, 1.807) is 0 Å². The molecule has 0 saturated heterocycles. The first-order valence-corrected chi connectivity index (χ1v) is 8.33. The van der Waals surface area contributed by atoms with Crippen molar-refractivity contribution < 1.29 is 0 Å². The maximum Gasteiger partial charge on any atom is 0.0472 e. The normalized spacial score (nSPS) is 12.3. The summed E-state index contributed by atoms with van der Waals surface area (Å²) in [5.74, 6) is 0. The average molecular weight is 303 g/mol. The van der Waals surface area contributed by atoms with E-state index in [4.69, 9.17) is 0 Å². The van der Waals surface area contributed by atoms with Gasteiger partial charge in [0.15, 0.2) is 0 Å². The van der Waals surface area contributed by atoms with E-state index in [1.165, 1.54) is 43.4 Å². The van der Waals surface area contributed by atoms with Crippen LogP contribution in [0.2, 0.25) is 0 Å². The molecular formula is C20H17NS. The highest BCUT2D eigenvalue weighted by Gasteiger charge is 2.23. The second-order valence-corrected chi connectivity index (χ2v) is 6.72. The number of para-hydroxylation sites is 2. The van der Waals surface area contributed by atoms with E-state index in [-0.39, 0.29) is 0 Å². The largest absolute Gasteiger partial charge is 0.354 e. The predicted molar refractivity (Wildman–Crippen MR) is 97.9 cm³/mol. The number of fused-ring (bicyclic) bond motifs is 5. The van der Waals surface area contributed by atoms with Crippen LogP contribution >= 0.6 is 11.3 Å². The minimum Gasteiger partial charge on any atom is -0.354 e. The number of rotatable bonds is 1. The fraction of sp³-hybridized carbons (Fsp3) is 0.100. The summed E-state index contributed by atoms with van der Waals surface area (Å²) < 4.78 is 0. The monoisotopic (exact) mass is 303 g/mol. The van der Waals surface area contributed by atoms with Crippen molar-refractivity contribution in [2.24, 2.45) is 0 Å². The third-order valence-electron chi connectivity index (χ3n) is 4.10. The Kier molecular flexibility index (Phi) is 3.12. The van der Waals surface area contributed by atoms with E-state index < -0.39 is 0 Å². The minimum atomic E-state index is 1.18. The lowest BCUT2D eigenvalue weighted by Gasteiger charge is -2.10. The molecule has 1 aliphatic rings. The molecule has 22 heavy (non-hydrogen) atoms. The van der Waals surface area contributed by atoms with Crippen molar-refractivity contribution in [3.63, 3.8) is 0 Å². The Morgan fingerprint density at radius 2 is 1.55 bits per heavy atom. The number of hydrogen-bond donors (Lipinski definition) is 1. The molecule has 1 nitrogen and oxygen atoms in total. The standard InChI is InChI=1S/C20H17NS/c1-3-8-14-13(2)22-20-16-10-5-7-12-18(16)21-17-11-6-4-9-15(17)19(14)20/h3-12,21H,1-2H3/b8-3-. The van der Waals surface area contributed by atoms with Crippen molar-refractivity contribution in [1.82, 2.24) is 0 Å². The average Bonchev–Trinajstić information content (AvgIpc) is 2.78. The number of thiophene rings is 1. The van der Waals surface area contributed by atoms with Crippen LogP contribution in [0.4, 0.5) is 11.4 Å². The van der Waals surface area contributed by atoms with E-state index >= 15 is 0 Å². The molecule has 108 valence electrons. The molecule has 2 aromatic carbocycles. The Hall–Kier alpha value is -2.32. The molecule has 0 aliphatic carbocycles. The first-order valence-electron chi connectivity index (χ1n) is 7.51. The molecule has 0 fully saturated rings.